The molecule has 1 fully saturated rings. The maximum absolute atomic E-state index is 12.3. The summed E-state index contributed by atoms with van der Waals surface area (Å²) in [6.45, 7) is -2.25. The van der Waals surface area contributed by atoms with Crippen LogP contribution < -0.4 is 10.5 Å². The highest BCUT2D eigenvalue weighted by molar-refractivity contribution is 5.52. The van der Waals surface area contributed by atoms with E-state index in [0.29, 0.717) is 12.3 Å². The molecule has 1 aliphatic rings. The number of nitrogen functional groups attached to an aromatic ring is 1. The van der Waals surface area contributed by atoms with Crippen LogP contribution in [0.4, 0.5) is 14.5 Å². The van der Waals surface area contributed by atoms with Crippen LogP contribution in [0, 0.1) is 12.3 Å². The maximum atomic E-state index is 12.3. The van der Waals surface area contributed by atoms with Crippen LogP contribution in [0.15, 0.2) is 18.2 Å². The molecule has 0 bridgehead atoms. The van der Waals surface area contributed by atoms with E-state index in [2.05, 4.69) is 4.74 Å². The van der Waals surface area contributed by atoms with Gasteiger partial charge in [0, 0.05) is 25.5 Å². The molecule has 0 heterocycles. The first-order valence-electron chi connectivity index (χ1n) is 5.30. The van der Waals surface area contributed by atoms with E-state index in [0.717, 1.165) is 5.56 Å². The summed E-state index contributed by atoms with van der Waals surface area (Å²) in [5.74, 6) is 0.535. The van der Waals surface area contributed by atoms with Crippen LogP contribution in [-0.2, 0) is 4.74 Å². The lowest BCUT2D eigenvalue weighted by Crippen LogP contribution is -2.05. The molecular formula is C12H14F2NO2. The van der Waals surface area contributed by atoms with Crippen LogP contribution in [-0.4, -0.2) is 20.3 Å². The molecule has 1 aromatic carbocycles. The monoisotopic (exact) mass is 242 g/mol. The van der Waals surface area contributed by atoms with Crippen molar-refractivity contribution in [3.8, 4) is 5.75 Å². The van der Waals surface area contributed by atoms with E-state index >= 15 is 0 Å². The molecule has 1 radical (unpaired) electrons. The normalized spacial score (nSPS) is 22.8. The van der Waals surface area contributed by atoms with Crippen molar-refractivity contribution in [2.45, 2.75) is 12.5 Å². The lowest BCUT2D eigenvalue weighted by molar-refractivity contribution is -0.0504. The van der Waals surface area contributed by atoms with Crippen molar-refractivity contribution in [1.29, 1.82) is 0 Å². The number of anilines is 1. The predicted molar refractivity (Wildman–Crippen MR) is 59.9 cm³/mol. The van der Waals surface area contributed by atoms with Gasteiger partial charge in [-0.05, 0) is 29.9 Å². The average Bonchev–Trinajstić information content (AvgIpc) is 2.97. The molecule has 93 valence electrons. The molecule has 0 amide bonds. The maximum Gasteiger partial charge on any atom is 0.387 e. The number of halogens is 2. The second-order valence-electron chi connectivity index (χ2n) is 4.01. The molecule has 1 saturated carbocycles. The molecule has 3 nitrogen and oxygen atoms in total. The molecule has 0 aromatic heterocycles. The van der Waals surface area contributed by atoms with E-state index in [1.807, 2.05) is 6.42 Å². The fourth-order valence-corrected chi connectivity index (χ4v) is 1.91. The third-order valence-electron chi connectivity index (χ3n) is 2.75. The minimum atomic E-state index is -2.84. The number of rotatable bonds is 5. The fourth-order valence-electron chi connectivity index (χ4n) is 1.91. The largest absolute Gasteiger partial charge is 0.434 e. The summed E-state index contributed by atoms with van der Waals surface area (Å²) >= 11 is 0. The van der Waals surface area contributed by atoms with Crippen LogP contribution in [0.5, 0.6) is 5.75 Å². The summed E-state index contributed by atoms with van der Waals surface area (Å²) in [4.78, 5) is 0. The summed E-state index contributed by atoms with van der Waals surface area (Å²) in [7, 11) is 1.61. The highest BCUT2D eigenvalue weighted by Crippen LogP contribution is 2.49. The Morgan fingerprint density at radius 3 is 2.82 bits per heavy atom. The van der Waals surface area contributed by atoms with Crippen LogP contribution in [0.25, 0.3) is 0 Å². The van der Waals surface area contributed by atoms with Crippen molar-refractivity contribution in [3.05, 3.63) is 30.2 Å². The molecule has 17 heavy (non-hydrogen) atoms. The van der Waals surface area contributed by atoms with Gasteiger partial charge in [0.25, 0.3) is 0 Å². The minimum absolute atomic E-state index is 0.115. The van der Waals surface area contributed by atoms with Gasteiger partial charge >= 0.3 is 6.61 Å². The zero-order valence-corrected chi connectivity index (χ0v) is 9.40. The summed E-state index contributed by atoms with van der Waals surface area (Å²) < 4.78 is 34.0. The van der Waals surface area contributed by atoms with Gasteiger partial charge in [-0.15, -0.1) is 0 Å². The zero-order chi connectivity index (χ0) is 12.4. The predicted octanol–water partition coefficient (Wildman–Crippen LogP) is 2.43. The van der Waals surface area contributed by atoms with Crippen LogP contribution >= 0.6 is 0 Å². The Morgan fingerprint density at radius 2 is 2.18 bits per heavy atom. The fraction of sp³-hybridized carbons (Fsp3) is 0.417. The molecule has 0 saturated heterocycles. The third-order valence-corrected chi connectivity index (χ3v) is 2.75. The van der Waals surface area contributed by atoms with Crippen molar-refractivity contribution >= 4 is 5.69 Å². The third kappa shape index (κ3) is 2.85. The molecule has 1 aliphatic carbocycles. The first-order valence-corrected chi connectivity index (χ1v) is 5.30. The Morgan fingerprint density at radius 1 is 1.41 bits per heavy atom. The van der Waals surface area contributed by atoms with Crippen molar-refractivity contribution in [3.63, 3.8) is 0 Å². The Bertz CT molecular complexity index is 398. The van der Waals surface area contributed by atoms with Gasteiger partial charge in [0.15, 0.2) is 0 Å². The van der Waals surface area contributed by atoms with Crippen LogP contribution in [0.2, 0.25) is 0 Å². The number of hydrogen-bond acceptors (Lipinski definition) is 3. The smallest absolute Gasteiger partial charge is 0.387 e. The topological polar surface area (TPSA) is 44.5 Å². The first kappa shape index (κ1) is 12.1. The van der Waals surface area contributed by atoms with E-state index < -0.39 is 6.61 Å². The summed E-state index contributed by atoms with van der Waals surface area (Å²) in [5.41, 5.74) is 6.71. The number of nitrogens with two attached hydrogens (primary N) is 1. The number of benzene rings is 1. The van der Waals surface area contributed by atoms with Gasteiger partial charge in [-0.2, -0.15) is 8.78 Å². The van der Waals surface area contributed by atoms with Gasteiger partial charge in [-0.1, -0.05) is 6.07 Å². The zero-order valence-electron chi connectivity index (χ0n) is 9.40. The van der Waals surface area contributed by atoms with E-state index in [9.17, 15) is 8.78 Å². The Balaban J connectivity index is 2.16. The molecule has 2 rings (SSSR count). The van der Waals surface area contributed by atoms with Gasteiger partial charge in [0.1, 0.15) is 5.75 Å². The first-order chi connectivity index (χ1) is 8.11. The van der Waals surface area contributed by atoms with Crippen LogP contribution in [0.3, 0.4) is 0 Å². The summed E-state index contributed by atoms with van der Waals surface area (Å²) in [6.07, 6.45) is 2.04. The SMILES string of the molecule is COCC1[CH]C1c1ccc(N)cc1OC(F)F. The minimum Gasteiger partial charge on any atom is -0.434 e. The van der Waals surface area contributed by atoms with E-state index in [1.54, 1.807) is 19.2 Å². The molecule has 2 N–H and O–H groups in total. The Labute approximate surface area is 98.5 Å². The molecule has 0 spiro atoms. The van der Waals surface area contributed by atoms with E-state index in [4.69, 9.17) is 10.5 Å². The summed E-state index contributed by atoms with van der Waals surface area (Å²) in [5, 5.41) is 0. The van der Waals surface area contributed by atoms with E-state index in [1.165, 1.54) is 6.07 Å². The van der Waals surface area contributed by atoms with Crippen molar-refractivity contribution in [2.75, 3.05) is 19.5 Å². The lowest BCUT2D eigenvalue weighted by atomic mass is 10.1. The van der Waals surface area contributed by atoms with Gasteiger partial charge < -0.3 is 15.2 Å². The highest BCUT2D eigenvalue weighted by atomic mass is 19.3. The van der Waals surface area contributed by atoms with Crippen molar-refractivity contribution in [1.82, 2.24) is 0 Å². The summed E-state index contributed by atoms with van der Waals surface area (Å²) in [6, 6.07) is 4.84. The molecule has 5 heteroatoms. The molecule has 1 aromatic rings. The molecular weight excluding hydrogens is 228 g/mol. The standard InChI is InChI=1S/C12H14F2NO2/c1-16-6-7-4-10(7)9-3-2-8(15)5-11(9)17-12(13)14/h2-5,7,10,12H,6,15H2,1H3. The number of methoxy groups -OCH3 is 1. The number of alkyl halides is 2. The van der Waals surface area contributed by atoms with Gasteiger partial charge in [-0.25, -0.2) is 0 Å². The highest BCUT2D eigenvalue weighted by Gasteiger charge is 2.40. The van der Waals surface area contributed by atoms with Crippen molar-refractivity contribution in [2.24, 2.45) is 5.92 Å². The van der Waals surface area contributed by atoms with Gasteiger partial charge in [0.2, 0.25) is 0 Å². The average molecular weight is 242 g/mol. The Hall–Kier alpha value is -1.36. The van der Waals surface area contributed by atoms with E-state index in [-0.39, 0.29) is 17.6 Å². The number of ether oxygens (including phenoxy) is 2. The molecule has 2 unspecified atom stereocenters. The molecule has 0 aliphatic heterocycles. The number of hydrogen-bond donors (Lipinski definition) is 1. The molecule has 2 atom stereocenters. The Kier molecular flexibility index (Phi) is 3.47. The van der Waals surface area contributed by atoms with Crippen molar-refractivity contribution < 1.29 is 18.3 Å². The second-order valence-corrected chi connectivity index (χ2v) is 4.01. The lowest BCUT2D eigenvalue weighted by Gasteiger charge is -2.11. The second kappa shape index (κ2) is 4.87. The van der Waals surface area contributed by atoms with Crippen LogP contribution in [0.1, 0.15) is 11.5 Å². The quantitative estimate of drug-likeness (QED) is 0.806. The van der Waals surface area contributed by atoms with Gasteiger partial charge in [0.05, 0.1) is 0 Å². The van der Waals surface area contributed by atoms with Gasteiger partial charge in [-0.3, -0.25) is 0 Å².